The van der Waals surface area contributed by atoms with Crippen LogP contribution in [0.5, 0.6) is 0 Å². The zero-order valence-corrected chi connectivity index (χ0v) is 8.76. The third-order valence-corrected chi connectivity index (χ3v) is 3.69. The molecule has 0 radical (unpaired) electrons. The summed E-state index contributed by atoms with van der Waals surface area (Å²) in [5.41, 5.74) is 0. The van der Waals surface area contributed by atoms with E-state index in [4.69, 9.17) is 0 Å². The lowest BCUT2D eigenvalue weighted by Crippen LogP contribution is -2.50. The maximum atomic E-state index is 3.34. The highest BCUT2D eigenvalue weighted by Gasteiger charge is 2.32. The Morgan fingerprint density at radius 2 is 2.00 bits per heavy atom. The van der Waals surface area contributed by atoms with E-state index < -0.39 is 0 Å². The number of nitrogens with one attached hydrogen (secondary N) is 1. The van der Waals surface area contributed by atoms with E-state index in [1.54, 1.807) is 0 Å². The molecule has 2 aliphatic rings. The Labute approximate surface area is 81.7 Å². The number of hydrogen-bond acceptors (Lipinski definition) is 2. The molecule has 0 spiro atoms. The van der Waals surface area contributed by atoms with Crippen molar-refractivity contribution in [1.82, 2.24) is 10.2 Å². The number of rotatable bonds is 2. The minimum Gasteiger partial charge on any atom is -0.319 e. The fraction of sp³-hybridized carbons (Fsp3) is 1.00. The summed E-state index contributed by atoms with van der Waals surface area (Å²) in [5.74, 6) is 0.930. The van der Waals surface area contributed by atoms with Crippen LogP contribution >= 0.6 is 0 Å². The van der Waals surface area contributed by atoms with Gasteiger partial charge in [0.05, 0.1) is 0 Å². The molecule has 2 heteroatoms. The zero-order valence-electron chi connectivity index (χ0n) is 8.76. The Hall–Kier alpha value is -0.0800. The molecule has 0 aromatic rings. The van der Waals surface area contributed by atoms with Crippen molar-refractivity contribution in [2.45, 2.75) is 38.1 Å². The van der Waals surface area contributed by atoms with Crippen LogP contribution in [-0.4, -0.2) is 37.6 Å². The summed E-state index contributed by atoms with van der Waals surface area (Å²) in [5, 5.41) is 3.34. The normalized spacial score (nSPS) is 35.8. The predicted octanol–water partition coefficient (Wildman–Crippen LogP) is 1.47. The highest BCUT2D eigenvalue weighted by molar-refractivity contribution is 4.87. The molecule has 13 heavy (non-hydrogen) atoms. The summed E-state index contributed by atoms with van der Waals surface area (Å²) in [4.78, 5) is 2.73. The van der Waals surface area contributed by atoms with Crippen LogP contribution in [0.3, 0.4) is 0 Å². The summed E-state index contributed by atoms with van der Waals surface area (Å²) in [6.45, 7) is 3.96. The van der Waals surface area contributed by atoms with E-state index in [0.29, 0.717) is 0 Å². The lowest BCUT2D eigenvalue weighted by molar-refractivity contribution is 0.0603. The first kappa shape index (κ1) is 9.47. The minimum atomic E-state index is 0.912. The highest BCUT2D eigenvalue weighted by atomic mass is 15.2. The molecule has 0 unspecified atom stereocenters. The third-order valence-electron chi connectivity index (χ3n) is 3.69. The van der Waals surface area contributed by atoms with Crippen LogP contribution in [0.2, 0.25) is 0 Å². The van der Waals surface area contributed by atoms with Gasteiger partial charge in [-0.1, -0.05) is 6.42 Å². The van der Waals surface area contributed by atoms with Gasteiger partial charge in [0, 0.05) is 6.04 Å². The maximum absolute atomic E-state index is 3.34. The van der Waals surface area contributed by atoms with E-state index in [-0.39, 0.29) is 0 Å². The Morgan fingerprint density at radius 1 is 1.15 bits per heavy atom. The molecule has 2 nitrogen and oxygen atoms in total. The van der Waals surface area contributed by atoms with Crippen molar-refractivity contribution in [1.29, 1.82) is 0 Å². The Morgan fingerprint density at radius 3 is 2.85 bits per heavy atom. The van der Waals surface area contributed by atoms with E-state index in [1.807, 2.05) is 0 Å². The van der Waals surface area contributed by atoms with E-state index in [9.17, 15) is 0 Å². The largest absolute Gasteiger partial charge is 0.319 e. The van der Waals surface area contributed by atoms with Gasteiger partial charge in [-0.2, -0.15) is 0 Å². The molecule has 76 valence electrons. The predicted molar refractivity (Wildman–Crippen MR) is 55.9 cm³/mol. The lowest BCUT2D eigenvalue weighted by Gasteiger charge is -2.44. The lowest BCUT2D eigenvalue weighted by atomic mass is 9.83. The van der Waals surface area contributed by atoms with Gasteiger partial charge < -0.3 is 10.2 Å². The first-order chi connectivity index (χ1) is 6.42. The molecule has 2 aliphatic heterocycles. The van der Waals surface area contributed by atoms with Crippen LogP contribution in [0.25, 0.3) is 0 Å². The summed E-state index contributed by atoms with van der Waals surface area (Å²) >= 11 is 0. The standard InChI is InChI=1S/C11H22N2/c1-12-9-10-5-4-8-13-7-3-2-6-11(10)13/h10-12H,2-9H2,1H3/t10-,11-/m1/s1. The molecular weight excluding hydrogens is 160 g/mol. The van der Waals surface area contributed by atoms with Crippen LogP contribution < -0.4 is 5.32 Å². The van der Waals surface area contributed by atoms with Crippen molar-refractivity contribution in [2.24, 2.45) is 5.92 Å². The molecule has 2 rings (SSSR count). The molecule has 0 amide bonds. The first-order valence-electron chi connectivity index (χ1n) is 5.80. The van der Waals surface area contributed by atoms with Crippen LogP contribution in [0, 0.1) is 5.92 Å². The van der Waals surface area contributed by atoms with Crippen molar-refractivity contribution >= 4 is 0 Å². The quantitative estimate of drug-likeness (QED) is 0.695. The Kier molecular flexibility index (Phi) is 3.23. The number of nitrogens with zero attached hydrogens (tertiary/aromatic N) is 1. The van der Waals surface area contributed by atoms with Gasteiger partial charge in [0.1, 0.15) is 0 Å². The molecule has 2 atom stereocenters. The average Bonchev–Trinajstić information content (AvgIpc) is 2.19. The second kappa shape index (κ2) is 4.43. The van der Waals surface area contributed by atoms with Crippen molar-refractivity contribution in [3.63, 3.8) is 0 Å². The van der Waals surface area contributed by atoms with Gasteiger partial charge in [0.2, 0.25) is 0 Å². The second-order valence-corrected chi connectivity index (χ2v) is 4.56. The van der Waals surface area contributed by atoms with Crippen molar-refractivity contribution in [3.05, 3.63) is 0 Å². The van der Waals surface area contributed by atoms with Gasteiger partial charge in [0.25, 0.3) is 0 Å². The summed E-state index contributed by atoms with van der Waals surface area (Å²) in [6, 6.07) is 0.912. The van der Waals surface area contributed by atoms with Gasteiger partial charge in [-0.25, -0.2) is 0 Å². The van der Waals surface area contributed by atoms with Gasteiger partial charge in [-0.05, 0) is 58.3 Å². The maximum Gasteiger partial charge on any atom is 0.0136 e. The van der Waals surface area contributed by atoms with Crippen LogP contribution in [0.4, 0.5) is 0 Å². The minimum absolute atomic E-state index is 0.912. The monoisotopic (exact) mass is 182 g/mol. The SMILES string of the molecule is CNC[C@H]1CCCN2CCCC[C@H]12. The number of piperidine rings is 2. The molecule has 0 bridgehead atoms. The molecule has 2 saturated heterocycles. The highest BCUT2D eigenvalue weighted by Crippen LogP contribution is 2.30. The molecule has 0 aliphatic carbocycles. The molecule has 0 saturated carbocycles. The second-order valence-electron chi connectivity index (χ2n) is 4.56. The molecule has 2 heterocycles. The summed E-state index contributed by atoms with van der Waals surface area (Å²) < 4.78 is 0. The Bertz CT molecular complexity index is 154. The van der Waals surface area contributed by atoms with Crippen molar-refractivity contribution in [3.8, 4) is 0 Å². The molecule has 0 aromatic heterocycles. The molecule has 0 aromatic carbocycles. The molecule has 1 N–H and O–H groups in total. The van der Waals surface area contributed by atoms with E-state index >= 15 is 0 Å². The summed E-state index contributed by atoms with van der Waals surface area (Å²) in [7, 11) is 2.09. The van der Waals surface area contributed by atoms with E-state index in [1.165, 1.54) is 51.7 Å². The van der Waals surface area contributed by atoms with Crippen molar-refractivity contribution in [2.75, 3.05) is 26.7 Å². The molecular formula is C11H22N2. The van der Waals surface area contributed by atoms with Gasteiger partial charge in [-0.15, -0.1) is 0 Å². The topological polar surface area (TPSA) is 15.3 Å². The van der Waals surface area contributed by atoms with E-state index in [2.05, 4.69) is 17.3 Å². The fourth-order valence-electron chi connectivity index (χ4n) is 3.08. The third kappa shape index (κ3) is 2.05. The summed E-state index contributed by atoms with van der Waals surface area (Å²) in [6.07, 6.45) is 7.21. The number of fused-ring (bicyclic) bond motifs is 1. The zero-order chi connectivity index (χ0) is 9.10. The molecule has 2 fully saturated rings. The van der Waals surface area contributed by atoms with Gasteiger partial charge in [0.15, 0.2) is 0 Å². The Balaban J connectivity index is 1.94. The van der Waals surface area contributed by atoms with Crippen LogP contribution in [0.1, 0.15) is 32.1 Å². The van der Waals surface area contributed by atoms with Crippen LogP contribution in [-0.2, 0) is 0 Å². The van der Waals surface area contributed by atoms with E-state index in [0.717, 1.165) is 12.0 Å². The van der Waals surface area contributed by atoms with Crippen molar-refractivity contribution < 1.29 is 0 Å². The van der Waals surface area contributed by atoms with Gasteiger partial charge >= 0.3 is 0 Å². The smallest absolute Gasteiger partial charge is 0.0136 e. The number of hydrogen-bond donors (Lipinski definition) is 1. The van der Waals surface area contributed by atoms with Gasteiger partial charge in [-0.3, -0.25) is 0 Å². The van der Waals surface area contributed by atoms with Crippen LogP contribution in [0.15, 0.2) is 0 Å². The average molecular weight is 182 g/mol. The fourth-order valence-corrected chi connectivity index (χ4v) is 3.08. The first-order valence-corrected chi connectivity index (χ1v) is 5.80.